The smallest absolute Gasteiger partial charge is 0.264 e. The first kappa shape index (κ1) is 21.7. The van der Waals surface area contributed by atoms with Crippen molar-refractivity contribution in [3.63, 3.8) is 0 Å². The number of hydrogen-bond acceptors (Lipinski definition) is 5. The maximum Gasteiger partial charge on any atom is 0.264 e. The lowest BCUT2D eigenvalue weighted by molar-refractivity contribution is 0.114. The monoisotopic (exact) mass is 427 g/mol. The van der Waals surface area contributed by atoms with Gasteiger partial charge in [-0.05, 0) is 42.8 Å². The van der Waals surface area contributed by atoms with Crippen LogP contribution >= 0.6 is 0 Å². The molecule has 1 N–H and O–H groups in total. The van der Waals surface area contributed by atoms with Gasteiger partial charge >= 0.3 is 0 Å². The zero-order valence-electron chi connectivity index (χ0n) is 16.9. The van der Waals surface area contributed by atoms with Crippen molar-refractivity contribution in [2.75, 3.05) is 24.6 Å². The summed E-state index contributed by atoms with van der Waals surface area (Å²) < 4.78 is 39.0. The summed E-state index contributed by atoms with van der Waals surface area (Å²) in [5.41, 5.74) is 1.28. The van der Waals surface area contributed by atoms with Crippen LogP contribution in [0.5, 0.6) is 11.5 Å². The molecule has 3 aromatic rings. The van der Waals surface area contributed by atoms with Crippen LogP contribution in [0.3, 0.4) is 0 Å². The molecular formula is C23H25NO5S. The molecule has 0 amide bonds. The molecule has 0 aliphatic rings. The third kappa shape index (κ3) is 4.93. The summed E-state index contributed by atoms with van der Waals surface area (Å²) in [5, 5.41) is 10.6. The number of aliphatic hydroxyl groups excluding tert-OH is 1. The van der Waals surface area contributed by atoms with Gasteiger partial charge in [0.1, 0.15) is 24.2 Å². The van der Waals surface area contributed by atoms with Crippen molar-refractivity contribution in [1.29, 1.82) is 0 Å². The molecule has 30 heavy (non-hydrogen) atoms. The van der Waals surface area contributed by atoms with Gasteiger partial charge < -0.3 is 14.6 Å². The van der Waals surface area contributed by atoms with Gasteiger partial charge in [-0.15, -0.1) is 0 Å². The summed E-state index contributed by atoms with van der Waals surface area (Å²) >= 11 is 0. The van der Waals surface area contributed by atoms with Crippen LogP contribution in [0.1, 0.15) is 5.56 Å². The molecule has 6 nitrogen and oxygen atoms in total. The van der Waals surface area contributed by atoms with Gasteiger partial charge in [-0.2, -0.15) is 0 Å². The van der Waals surface area contributed by atoms with E-state index in [0.717, 1.165) is 9.87 Å². The van der Waals surface area contributed by atoms with Crippen molar-refractivity contribution in [3.8, 4) is 11.5 Å². The fourth-order valence-corrected chi connectivity index (χ4v) is 4.56. The van der Waals surface area contributed by atoms with E-state index in [-0.39, 0.29) is 18.0 Å². The van der Waals surface area contributed by atoms with Gasteiger partial charge in [0.15, 0.2) is 0 Å². The zero-order valence-corrected chi connectivity index (χ0v) is 17.7. The van der Waals surface area contributed by atoms with Crippen molar-refractivity contribution >= 4 is 15.7 Å². The molecule has 0 saturated carbocycles. The average molecular weight is 428 g/mol. The number of rotatable bonds is 9. The van der Waals surface area contributed by atoms with E-state index < -0.39 is 16.1 Å². The van der Waals surface area contributed by atoms with E-state index in [0.29, 0.717) is 17.2 Å². The fraction of sp³-hybridized carbons (Fsp3) is 0.217. The Bertz CT molecular complexity index is 1070. The van der Waals surface area contributed by atoms with E-state index in [1.807, 2.05) is 25.1 Å². The number of aliphatic hydroxyl groups is 1. The molecule has 0 aromatic heterocycles. The first-order chi connectivity index (χ1) is 14.4. The van der Waals surface area contributed by atoms with E-state index in [4.69, 9.17) is 9.47 Å². The summed E-state index contributed by atoms with van der Waals surface area (Å²) in [6.07, 6.45) is -1.06. The number of anilines is 1. The van der Waals surface area contributed by atoms with E-state index in [1.165, 1.54) is 19.2 Å². The molecule has 158 valence electrons. The van der Waals surface area contributed by atoms with Crippen molar-refractivity contribution in [3.05, 3.63) is 84.4 Å². The van der Waals surface area contributed by atoms with Crippen molar-refractivity contribution in [2.24, 2.45) is 0 Å². The van der Waals surface area contributed by atoms with Gasteiger partial charge in [-0.1, -0.05) is 48.5 Å². The van der Waals surface area contributed by atoms with Gasteiger partial charge in [0.25, 0.3) is 10.0 Å². The third-order valence-corrected chi connectivity index (χ3v) is 6.38. The minimum Gasteiger partial charge on any atom is -0.495 e. The van der Waals surface area contributed by atoms with Crippen LogP contribution in [-0.2, 0) is 10.0 Å². The van der Waals surface area contributed by atoms with Crippen molar-refractivity contribution < 1.29 is 23.0 Å². The molecule has 1 atom stereocenters. The van der Waals surface area contributed by atoms with Crippen LogP contribution in [0, 0.1) is 6.92 Å². The molecule has 3 rings (SSSR count). The number of ether oxygens (including phenoxy) is 2. The highest BCUT2D eigenvalue weighted by atomic mass is 32.2. The second kappa shape index (κ2) is 9.65. The zero-order chi connectivity index (χ0) is 21.6. The summed E-state index contributed by atoms with van der Waals surface area (Å²) in [6, 6.07) is 22.4. The molecule has 0 unspecified atom stereocenters. The standard InChI is InChI=1S/C23H25NO5S/c1-18-10-6-8-14-22(18)29-17-19(25)16-24(21-13-7-9-15-23(21)28-2)30(26,27)20-11-4-3-5-12-20/h3-15,19,25H,16-17H2,1-2H3/t19-/m1/s1. The highest BCUT2D eigenvalue weighted by Crippen LogP contribution is 2.32. The van der Waals surface area contributed by atoms with E-state index in [1.54, 1.807) is 48.5 Å². The number of hydrogen-bond donors (Lipinski definition) is 1. The van der Waals surface area contributed by atoms with Crippen LogP contribution in [0.2, 0.25) is 0 Å². The molecule has 0 spiro atoms. The number of nitrogens with zero attached hydrogens (tertiary/aromatic N) is 1. The Morgan fingerprint density at radius 3 is 2.17 bits per heavy atom. The van der Waals surface area contributed by atoms with E-state index >= 15 is 0 Å². The Hall–Kier alpha value is -3.03. The summed E-state index contributed by atoms with van der Waals surface area (Å²) in [7, 11) is -2.46. The minimum absolute atomic E-state index is 0.0547. The fourth-order valence-electron chi connectivity index (χ4n) is 3.03. The lowest BCUT2D eigenvalue weighted by Gasteiger charge is -2.28. The number of methoxy groups -OCH3 is 1. The number of aryl methyl sites for hydroxylation is 1. The van der Waals surface area contributed by atoms with E-state index in [9.17, 15) is 13.5 Å². The number of para-hydroxylation sites is 3. The van der Waals surface area contributed by atoms with Gasteiger partial charge in [-0.3, -0.25) is 4.31 Å². The normalized spacial score (nSPS) is 12.2. The first-order valence-electron chi connectivity index (χ1n) is 9.51. The molecule has 0 saturated heterocycles. The minimum atomic E-state index is -3.94. The Labute approximate surface area is 177 Å². The summed E-state index contributed by atoms with van der Waals surface area (Å²) in [5.74, 6) is 1.04. The van der Waals surface area contributed by atoms with Crippen LogP contribution in [0.4, 0.5) is 5.69 Å². The molecule has 3 aromatic carbocycles. The maximum absolute atomic E-state index is 13.4. The average Bonchev–Trinajstić information content (AvgIpc) is 2.77. The lowest BCUT2D eigenvalue weighted by Crippen LogP contribution is -2.40. The van der Waals surface area contributed by atoms with Gasteiger partial charge in [0.2, 0.25) is 0 Å². The summed E-state index contributed by atoms with van der Waals surface area (Å²) in [6.45, 7) is 1.66. The number of sulfonamides is 1. The first-order valence-corrected chi connectivity index (χ1v) is 10.9. The Morgan fingerprint density at radius 2 is 1.50 bits per heavy atom. The van der Waals surface area contributed by atoms with Crippen molar-refractivity contribution in [2.45, 2.75) is 17.9 Å². The van der Waals surface area contributed by atoms with E-state index in [2.05, 4.69) is 0 Å². The van der Waals surface area contributed by atoms with Gasteiger partial charge in [0, 0.05) is 0 Å². The Kier molecular flexibility index (Phi) is 6.97. The molecule has 0 aliphatic heterocycles. The molecule has 0 radical (unpaired) electrons. The Morgan fingerprint density at radius 1 is 0.900 bits per heavy atom. The largest absolute Gasteiger partial charge is 0.495 e. The second-order valence-corrected chi connectivity index (χ2v) is 8.61. The molecule has 0 heterocycles. The third-order valence-electron chi connectivity index (χ3n) is 4.59. The van der Waals surface area contributed by atoms with Crippen molar-refractivity contribution in [1.82, 2.24) is 0 Å². The second-order valence-electron chi connectivity index (χ2n) is 6.75. The molecule has 7 heteroatoms. The van der Waals surface area contributed by atoms with Gasteiger partial charge in [-0.25, -0.2) is 8.42 Å². The number of benzene rings is 3. The topological polar surface area (TPSA) is 76.1 Å². The summed E-state index contributed by atoms with van der Waals surface area (Å²) in [4.78, 5) is 0.128. The van der Waals surface area contributed by atoms with Crippen LogP contribution < -0.4 is 13.8 Å². The van der Waals surface area contributed by atoms with Crippen LogP contribution in [0.15, 0.2) is 83.8 Å². The van der Waals surface area contributed by atoms with Crippen LogP contribution in [0.25, 0.3) is 0 Å². The highest BCUT2D eigenvalue weighted by Gasteiger charge is 2.29. The Balaban J connectivity index is 1.89. The predicted molar refractivity (Wildman–Crippen MR) is 117 cm³/mol. The predicted octanol–water partition coefficient (Wildman–Crippen LogP) is 3.64. The maximum atomic E-state index is 13.4. The quantitative estimate of drug-likeness (QED) is 0.564. The van der Waals surface area contributed by atoms with Crippen LogP contribution in [-0.4, -0.2) is 39.9 Å². The molecule has 0 fully saturated rings. The molecule has 0 bridgehead atoms. The molecular weight excluding hydrogens is 402 g/mol. The highest BCUT2D eigenvalue weighted by molar-refractivity contribution is 7.92. The van der Waals surface area contributed by atoms with Gasteiger partial charge in [0.05, 0.1) is 24.2 Å². The molecule has 0 aliphatic carbocycles. The lowest BCUT2D eigenvalue weighted by atomic mass is 10.2. The SMILES string of the molecule is COc1ccccc1N(C[C@@H](O)COc1ccccc1C)S(=O)(=O)c1ccccc1.